The lowest BCUT2D eigenvalue weighted by Gasteiger charge is -2.28. The number of benzene rings is 2. The van der Waals surface area contributed by atoms with Gasteiger partial charge in [0.1, 0.15) is 5.82 Å². The van der Waals surface area contributed by atoms with E-state index in [0.717, 1.165) is 19.5 Å². The van der Waals surface area contributed by atoms with Crippen molar-refractivity contribution in [2.75, 3.05) is 11.9 Å². The number of carbonyl (C=O) groups excluding carboxylic acids is 1. The Morgan fingerprint density at radius 1 is 1.14 bits per heavy atom. The van der Waals surface area contributed by atoms with Crippen molar-refractivity contribution in [3.8, 4) is 0 Å². The summed E-state index contributed by atoms with van der Waals surface area (Å²) in [6, 6.07) is 12.7. The van der Waals surface area contributed by atoms with Crippen molar-refractivity contribution in [1.82, 2.24) is 4.90 Å². The van der Waals surface area contributed by atoms with Crippen molar-refractivity contribution < 1.29 is 9.18 Å². The summed E-state index contributed by atoms with van der Waals surface area (Å²) in [4.78, 5) is 14.3. The largest absolute Gasteiger partial charge is 0.372 e. The lowest BCUT2D eigenvalue weighted by atomic mass is 10.00. The maximum absolute atomic E-state index is 13.5. The number of fused-ring (bicyclic) bond motifs is 2. The summed E-state index contributed by atoms with van der Waals surface area (Å²) >= 11 is 0. The van der Waals surface area contributed by atoms with Crippen LogP contribution in [0.4, 0.5) is 10.1 Å². The zero-order valence-corrected chi connectivity index (χ0v) is 12.0. The molecule has 0 aromatic heterocycles. The molecule has 0 saturated carbocycles. The quantitative estimate of drug-likeness (QED) is 0.819. The summed E-state index contributed by atoms with van der Waals surface area (Å²) in [5.74, 6) is -0.496. The maximum Gasteiger partial charge on any atom is 0.257 e. The van der Waals surface area contributed by atoms with Gasteiger partial charge in [-0.2, -0.15) is 0 Å². The molecule has 22 heavy (non-hydrogen) atoms. The second-order valence-corrected chi connectivity index (χ2v) is 5.68. The fourth-order valence-electron chi connectivity index (χ4n) is 3.10. The number of halogens is 1. The molecule has 0 radical (unpaired) electrons. The van der Waals surface area contributed by atoms with Crippen molar-refractivity contribution in [2.24, 2.45) is 0 Å². The van der Waals surface area contributed by atoms with Crippen LogP contribution in [0.2, 0.25) is 0 Å². The number of amides is 1. The molecule has 2 aromatic rings. The Bertz CT molecular complexity index is 797. The highest BCUT2D eigenvalue weighted by Gasteiger charge is 2.26. The number of rotatable bonds is 1. The molecule has 2 aromatic carbocycles. The Morgan fingerprint density at radius 3 is 2.82 bits per heavy atom. The molecule has 0 saturated heterocycles. The number of nitrogens with zero attached hydrogens (tertiary/aromatic N) is 1. The fraction of sp³-hybridized carbons (Fsp3) is 0.167. The van der Waals surface area contributed by atoms with Gasteiger partial charge in [-0.05, 0) is 35.7 Å². The van der Waals surface area contributed by atoms with Gasteiger partial charge in [0, 0.05) is 30.5 Å². The number of hydrogen-bond acceptors (Lipinski definition) is 2. The molecule has 0 aliphatic carbocycles. The fourth-order valence-corrected chi connectivity index (χ4v) is 3.10. The van der Waals surface area contributed by atoms with Gasteiger partial charge in [0.15, 0.2) is 0 Å². The number of anilines is 1. The van der Waals surface area contributed by atoms with Crippen molar-refractivity contribution in [3.63, 3.8) is 0 Å². The van der Waals surface area contributed by atoms with E-state index in [1.807, 2.05) is 12.3 Å². The third-order valence-electron chi connectivity index (χ3n) is 4.24. The van der Waals surface area contributed by atoms with Crippen LogP contribution < -0.4 is 5.32 Å². The van der Waals surface area contributed by atoms with Crippen molar-refractivity contribution >= 4 is 17.2 Å². The Labute approximate surface area is 128 Å². The smallest absolute Gasteiger partial charge is 0.257 e. The average molecular weight is 294 g/mol. The first-order chi connectivity index (χ1) is 10.7. The molecule has 110 valence electrons. The van der Waals surface area contributed by atoms with Crippen LogP contribution in [-0.4, -0.2) is 17.4 Å². The summed E-state index contributed by atoms with van der Waals surface area (Å²) in [5, 5.41) is 2.78. The van der Waals surface area contributed by atoms with E-state index in [9.17, 15) is 9.18 Å². The van der Waals surface area contributed by atoms with E-state index in [2.05, 4.69) is 28.4 Å². The van der Waals surface area contributed by atoms with E-state index in [1.165, 1.54) is 23.3 Å². The van der Waals surface area contributed by atoms with Gasteiger partial charge in [-0.1, -0.05) is 24.3 Å². The second-order valence-electron chi connectivity index (χ2n) is 5.68. The first-order valence-corrected chi connectivity index (χ1v) is 7.34. The second kappa shape index (κ2) is 4.98. The summed E-state index contributed by atoms with van der Waals surface area (Å²) in [7, 11) is 0. The van der Waals surface area contributed by atoms with Crippen LogP contribution in [0.15, 0.2) is 48.7 Å². The van der Waals surface area contributed by atoms with E-state index in [1.54, 1.807) is 6.07 Å². The minimum Gasteiger partial charge on any atom is -0.372 e. The van der Waals surface area contributed by atoms with E-state index in [0.29, 0.717) is 16.8 Å². The van der Waals surface area contributed by atoms with Gasteiger partial charge in [0.2, 0.25) is 0 Å². The molecule has 2 aliphatic rings. The zero-order chi connectivity index (χ0) is 15.1. The molecule has 0 atom stereocenters. The molecular weight excluding hydrogens is 279 g/mol. The minimum absolute atomic E-state index is 0.167. The lowest BCUT2D eigenvalue weighted by Crippen LogP contribution is -2.26. The Balaban J connectivity index is 1.67. The van der Waals surface area contributed by atoms with Gasteiger partial charge in [-0.3, -0.25) is 4.79 Å². The molecule has 2 aliphatic heterocycles. The summed E-state index contributed by atoms with van der Waals surface area (Å²) in [6.07, 6.45) is 2.81. The summed E-state index contributed by atoms with van der Waals surface area (Å²) in [5.41, 5.74) is 4.50. The molecule has 0 spiro atoms. The van der Waals surface area contributed by atoms with Gasteiger partial charge in [0.25, 0.3) is 5.91 Å². The van der Waals surface area contributed by atoms with Gasteiger partial charge >= 0.3 is 0 Å². The van der Waals surface area contributed by atoms with E-state index >= 15 is 0 Å². The van der Waals surface area contributed by atoms with Crippen LogP contribution in [0.1, 0.15) is 16.7 Å². The predicted molar refractivity (Wildman–Crippen MR) is 83.6 cm³/mol. The standard InChI is InChI=1S/C18H15FN2O/c19-14-5-6-17-15(9-14)16(18(22)20-17)11-21-8-7-12-3-1-2-4-13(12)10-21/h1-6,9,11H,7-8,10H2,(H,20,22)/b16-11+. The number of hydrogen-bond donors (Lipinski definition) is 1. The van der Waals surface area contributed by atoms with E-state index in [-0.39, 0.29) is 11.7 Å². The first-order valence-electron chi connectivity index (χ1n) is 7.34. The zero-order valence-electron chi connectivity index (χ0n) is 12.0. The Morgan fingerprint density at radius 2 is 1.95 bits per heavy atom. The highest BCUT2D eigenvalue weighted by Crippen LogP contribution is 2.33. The Kier molecular flexibility index (Phi) is 2.96. The Hall–Kier alpha value is -2.62. The average Bonchev–Trinajstić information content (AvgIpc) is 2.83. The van der Waals surface area contributed by atoms with Crippen molar-refractivity contribution in [2.45, 2.75) is 13.0 Å². The molecule has 4 heteroatoms. The number of nitrogens with one attached hydrogen (secondary N) is 1. The molecule has 4 rings (SSSR count). The van der Waals surface area contributed by atoms with Gasteiger partial charge in [0.05, 0.1) is 5.57 Å². The molecule has 0 bridgehead atoms. The monoisotopic (exact) mass is 294 g/mol. The molecule has 1 N–H and O–H groups in total. The highest BCUT2D eigenvalue weighted by molar-refractivity contribution is 6.31. The van der Waals surface area contributed by atoms with Crippen molar-refractivity contribution in [1.29, 1.82) is 0 Å². The summed E-state index contributed by atoms with van der Waals surface area (Å²) < 4.78 is 13.5. The normalized spacial score (nSPS) is 18.1. The summed E-state index contributed by atoms with van der Waals surface area (Å²) in [6.45, 7) is 1.63. The van der Waals surface area contributed by atoms with Gasteiger partial charge < -0.3 is 10.2 Å². The van der Waals surface area contributed by atoms with Crippen LogP contribution in [0, 0.1) is 5.82 Å². The van der Waals surface area contributed by atoms with Crippen LogP contribution in [0.3, 0.4) is 0 Å². The SMILES string of the molecule is O=C1Nc2ccc(F)cc2/C1=C\N1CCc2ccccc2C1. The minimum atomic E-state index is -0.329. The first kappa shape index (κ1) is 13.1. The maximum atomic E-state index is 13.5. The highest BCUT2D eigenvalue weighted by atomic mass is 19.1. The van der Waals surface area contributed by atoms with Crippen LogP contribution in [0.25, 0.3) is 5.57 Å². The third-order valence-corrected chi connectivity index (χ3v) is 4.24. The van der Waals surface area contributed by atoms with E-state index in [4.69, 9.17) is 0 Å². The molecule has 0 fully saturated rings. The van der Waals surface area contributed by atoms with Crippen LogP contribution in [0.5, 0.6) is 0 Å². The van der Waals surface area contributed by atoms with Crippen molar-refractivity contribution in [3.05, 3.63) is 71.2 Å². The molecular formula is C18H15FN2O. The van der Waals surface area contributed by atoms with Gasteiger partial charge in [-0.25, -0.2) is 4.39 Å². The van der Waals surface area contributed by atoms with Crippen LogP contribution >= 0.6 is 0 Å². The van der Waals surface area contributed by atoms with Gasteiger partial charge in [-0.15, -0.1) is 0 Å². The van der Waals surface area contributed by atoms with E-state index < -0.39 is 0 Å². The lowest BCUT2D eigenvalue weighted by molar-refractivity contribution is -0.110. The number of carbonyl (C=O) groups is 1. The predicted octanol–water partition coefficient (Wildman–Crippen LogP) is 3.18. The third kappa shape index (κ3) is 2.17. The molecule has 1 amide bonds. The van der Waals surface area contributed by atoms with Crippen LogP contribution in [-0.2, 0) is 17.8 Å². The molecule has 2 heterocycles. The molecule has 3 nitrogen and oxygen atoms in total. The molecule has 0 unspecified atom stereocenters. The topological polar surface area (TPSA) is 32.3 Å².